The van der Waals surface area contributed by atoms with Crippen LogP contribution in [0.15, 0.2) is 16.5 Å². The summed E-state index contributed by atoms with van der Waals surface area (Å²) >= 11 is 0. The maximum absolute atomic E-state index is 12.2. The predicted octanol–water partition coefficient (Wildman–Crippen LogP) is 1.67. The zero-order valence-corrected chi connectivity index (χ0v) is 15.5. The lowest BCUT2D eigenvalue weighted by atomic mass is 10.2. The van der Waals surface area contributed by atoms with E-state index in [1.807, 2.05) is 19.9 Å². The number of aryl methyl sites for hydroxylation is 3. The van der Waals surface area contributed by atoms with Crippen molar-refractivity contribution in [2.45, 2.75) is 20.8 Å². The first-order chi connectivity index (χ1) is 12.5. The van der Waals surface area contributed by atoms with Gasteiger partial charge in [-0.2, -0.15) is 0 Å². The molecule has 1 saturated heterocycles. The number of aromatic nitrogens is 2. The summed E-state index contributed by atoms with van der Waals surface area (Å²) < 4.78 is 10.8. The summed E-state index contributed by atoms with van der Waals surface area (Å²) in [6, 6.07) is 3.68. The number of furan rings is 1. The predicted molar refractivity (Wildman–Crippen MR) is 98.8 cm³/mol. The topological polar surface area (TPSA) is 92.5 Å². The van der Waals surface area contributed by atoms with Crippen molar-refractivity contribution in [1.82, 2.24) is 15.3 Å². The quantitative estimate of drug-likeness (QED) is 0.758. The minimum Gasteiger partial charge on any atom is -0.466 e. The lowest BCUT2D eigenvalue weighted by Gasteiger charge is -2.28. The number of carbonyl (C=O) groups is 1. The Labute approximate surface area is 153 Å². The number of hydrogen-bond acceptors (Lipinski definition) is 7. The van der Waals surface area contributed by atoms with Crippen LogP contribution >= 0.6 is 0 Å². The van der Waals surface area contributed by atoms with Gasteiger partial charge in [0.25, 0.3) is 5.91 Å². The van der Waals surface area contributed by atoms with Crippen LogP contribution in [-0.2, 0) is 4.74 Å². The minimum atomic E-state index is -0.131. The fraction of sp³-hybridized carbons (Fsp3) is 0.500. The summed E-state index contributed by atoms with van der Waals surface area (Å²) in [7, 11) is 0. The fourth-order valence-electron chi connectivity index (χ4n) is 2.92. The van der Waals surface area contributed by atoms with Gasteiger partial charge in [0.15, 0.2) is 0 Å². The standard InChI is InChI=1S/C18H25N5O3/c1-12-10-15(13(2)26-12)18(24)20-5-4-19-16-11-17(22-14(3)21-16)23-6-8-25-9-7-23/h10-11H,4-9H2,1-3H3,(H,20,24)(H,19,21,22). The lowest BCUT2D eigenvalue weighted by Crippen LogP contribution is -2.37. The number of hydrogen-bond donors (Lipinski definition) is 2. The van der Waals surface area contributed by atoms with Gasteiger partial charge in [0.2, 0.25) is 0 Å². The molecule has 8 heteroatoms. The van der Waals surface area contributed by atoms with Crippen molar-refractivity contribution >= 4 is 17.5 Å². The maximum atomic E-state index is 12.2. The van der Waals surface area contributed by atoms with Crippen molar-refractivity contribution in [2.24, 2.45) is 0 Å². The van der Waals surface area contributed by atoms with Gasteiger partial charge >= 0.3 is 0 Å². The van der Waals surface area contributed by atoms with E-state index in [1.54, 1.807) is 13.0 Å². The van der Waals surface area contributed by atoms with E-state index >= 15 is 0 Å². The molecular formula is C18H25N5O3. The fourth-order valence-corrected chi connectivity index (χ4v) is 2.92. The second-order valence-electron chi connectivity index (χ2n) is 6.27. The number of anilines is 2. The Morgan fingerprint density at radius 2 is 1.92 bits per heavy atom. The molecule has 140 valence electrons. The van der Waals surface area contributed by atoms with Crippen molar-refractivity contribution in [3.8, 4) is 0 Å². The molecule has 1 amide bonds. The molecule has 0 aliphatic carbocycles. The molecule has 2 aromatic heterocycles. The summed E-state index contributed by atoms with van der Waals surface area (Å²) in [5.74, 6) is 3.60. The van der Waals surface area contributed by atoms with Crippen LogP contribution in [0.4, 0.5) is 11.6 Å². The number of rotatable bonds is 6. The SMILES string of the molecule is Cc1nc(NCCNC(=O)c2cc(C)oc2C)cc(N2CCOCC2)n1. The first-order valence-corrected chi connectivity index (χ1v) is 8.80. The molecular weight excluding hydrogens is 334 g/mol. The minimum absolute atomic E-state index is 0.131. The molecule has 1 fully saturated rings. The van der Waals surface area contributed by atoms with Crippen LogP contribution in [0, 0.1) is 20.8 Å². The molecule has 8 nitrogen and oxygen atoms in total. The largest absolute Gasteiger partial charge is 0.466 e. The Bertz CT molecular complexity index is 768. The molecule has 0 unspecified atom stereocenters. The smallest absolute Gasteiger partial charge is 0.254 e. The number of ether oxygens (including phenoxy) is 1. The van der Waals surface area contributed by atoms with E-state index in [1.165, 1.54) is 0 Å². The highest BCUT2D eigenvalue weighted by Gasteiger charge is 2.15. The van der Waals surface area contributed by atoms with Gasteiger partial charge in [-0.1, -0.05) is 0 Å². The zero-order valence-electron chi connectivity index (χ0n) is 15.5. The Balaban J connectivity index is 1.52. The number of carbonyl (C=O) groups excluding carboxylic acids is 1. The van der Waals surface area contributed by atoms with Crippen molar-refractivity contribution in [3.63, 3.8) is 0 Å². The summed E-state index contributed by atoms with van der Waals surface area (Å²) in [5, 5.41) is 6.13. The van der Waals surface area contributed by atoms with Gasteiger partial charge in [0.05, 0.1) is 18.8 Å². The monoisotopic (exact) mass is 359 g/mol. The van der Waals surface area contributed by atoms with Crippen LogP contribution in [0.5, 0.6) is 0 Å². The summed E-state index contributed by atoms with van der Waals surface area (Å²) in [5.41, 5.74) is 0.579. The zero-order chi connectivity index (χ0) is 18.5. The number of amides is 1. The third-order valence-electron chi connectivity index (χ3n) is 4.16. The van der Waals surface area contributed by atoms with Crippen LogP contribution in [-0.4, -0.2) is 55.3 Å². The molecule has 0 atom stereocenters. The summed E-state index contributed by atoms with van der Waals surface area (Å²) in [6.07, 6.45) is 0. The van der Waals surface area contributed by atoms with E-state index in [4.69, 9.17) is 9.15 Å². The third kappa shape index (κ3) is 4.51. The first kappa shape index (κ1) is 18.2. The summed E-state index contributed by atoms with van der Waals surface area (Å²) in [4.78, 5) is 23.3. The highest BCUT2D eigenvalue weighted by atomic mass is 16.5. The van der Waals surface area contributed by atoms with E-state index < -0.39 is 0 Å². The van der Waals surface area contributed by atoms with Crippen LogP contribution in [0.1, 0.15) is 27.7 Å². The normalized spacial score (nSPS) is 14.3. The second-order valence-corrected chi connectivity index (χ2v) is 6.27. The number of morpholine rings is 1. The number of nitrogens with one attached hydrogen (secondary N) is 2. The molecule has 2 aromatic rings. The molecule has 2 N–H and O–H groups in total. The Morgan fingerprint density at radius 1 is 1.15 bits per heavy atom. The van der Waals surface area contributed by atoms with Crippen molar-refractivity contribution in [1.29, 1.82) is 0 Å². The molecule has 0 spiro atoms. The summed E-state index contributed by atoms with van der Waals surface area (Å²) in [6.45, 7) is 9.63. The average molecular weight is 359 g/mol. The molecule has 0 bridgehead atoms. The maximum Gasteiger partial charge on any atom is 0.254 e. The van der Waals surface area contributed by atoms with Gasteiger partial charge in [-0.3, -0.25) is 4.79 Å². The second kappa shape index (κ2) is 8.18. The van der Waals surface area contributed by atoms with Crippen LogP contribution < -0.4 is 15.5 Å². The highest BCUT2D eigenvalue weighted by molar-refractivity contribution is 5.95. The Morgan fingerprint density at radius 3 is 2.62 bits per heavy atom. The van der Waals surface area contributed by atoms with Crippen LogP contribution in [0.3, 0.4) is 0 Å². The third-order valence-corrected chi connectivity index (χ3v) is 4.16. The van der Waals surface area contributed by atoms with Crippen molar-refractivity contribution < 1.29 is 13.9 Å². The van der Waals surface area contributed by atoms with E-state index in [0.717, 1.165) is 30.5 Å². The molecule has 0 aromatic carbocycles. The molecule has 26 heavy (non-hydrogen) atoms. The van der Waals surface area contributed by atoms with Gasteiger partial charge in [-0.05, 0) is 26.8 Å². The lowest BCUT2D eigenvalue weighted by molar-refractivity contribution is 0.0953. The van der Waals surface area contributed by atoms with Gasteiger partial charge in [0, 0.05) is 32.2 Å². The van der Waals surface area contributed by atoms with Gasteiger partial charge in [-0.15, -0.1) is 0 Å². The van der Waals surface area contributed by atoms with E-state index in [2.05, 4.69) is 25.5 Å². The molecule has 3 heterocycles. The van der Waals surface area contributed by atoms with E-state index in [-0.39, 0.29) is 5.91 Å². The van der Waals surface area contributed by atoms with Crippen LogP contribution in [0.25, 0.3) is 0 Å². The average Bonchev–Trinajstić information content (AvgIpc) is 2.97. The van der Waals surface area contributed by atoms with Gasteiger partial charge < -0.3 is 24.7 Å². The molecule has 0 saturated carbocycles. The Kier molecular flexibility index (Phi) is 5.72. The number of nitrogens with zero attached hydrogens (tertiary/aromatic N) is 3. The Hall–Kier alpha value is -2.61. The van der Waals surface area contributed by atoms with E-state index in [0.29, 0.717) is 43.5 Å². The first-order valence-electron chi connectivity index (χ1n) is 8.80. The van der Waals surface area contributed by atoms with Crippen molar-refractivity contribution in [2.75, 3.05) is 49.6 Å². The van der Waals surface area contributed by atoms with Crippen LogP contribution in [0.2, 0.25) is 0 Å². The highest BCUT2D eigenvalue weighted by Crippen LogP contribution is 2.17. The molecule has 0 radical (unpaired) electrons. The van der Waals surface area contributed by atoms with Crippen molar-refractivity contribution in [3.05, 3.63) is 35.0 Å². The molecule has 3 rings (SSSR count). The molecule has 1 aliphatic rings. The molecule has 1 aliphatic heterocycles. The van der Waals surface area contributed by atoms with E-state index in [9.17, 15) is 4.79 Å². The van der Waals surface area contributed by atoms with Gasteiger partial charge in [-0.25, -0.2) is 9.97 Å². The van der Waals surface area contributed by atoms with Gasteiger partial charge in [0.1, 0.15) is 29.0 Å².